The first-order valence-electron chi connectivity index (χ1n) is 11.1. The number of pyridine rings is 1. The molecule has 0 radical (unpaired) electrons. The van der Waals surface area contributed by atoms with E-state index in [1.165, 1.54) is 24.3 Å². The van der Waals surface area contributed by atoms with Crippen LogP contribution >= 0.6 is 0 Å². The molecule has 1 amide bonds. The lowest BCUT2D eigenvalue weighted by Crippen LogP contribution is -2.28. The number of nitrogens with one attached hydrogen (secondary N) is 3. The van der Waals surface area contributed by atoms with Crippen LogP contribution in [0.2, 0.25) is 0 Å². The number of ether oxygens (including phenoxy) is 1. The number of rotatable bonds is 9. The van der Waals surface area contributed by atoms with Crippen LogP contribution in [0.15, 0.2) is 72.9 Å². The minimum Gasteiger partial charge on any atom is -0.457 e. The molecule has 0 unspecified atom stereocenters. The number of aromatic nitrogens is 3. The number of halogens is 1. The van der Waals surface area contributed by atoms with Gasteiger partial charge >= 0.3 is 0 Å². The average molecular weight is 473 g/mol. The SMILES string of the molecule is Cc1ccnc(Nc2cc(NCCNC(=O)c3cccc(Oc4ccc(F)cc4)c3)nc(C)n2)c1. The minimum absolute atomic E-state index is 0.233. The fourth-order valence-corrected chi connectivity index (χ4v) is 3.27. The highest BCUT2D eigenvalue weighted by molar-refractivity contribution is 5.94. The third-order valence-corrected chi connectivity index (χ3v) is 4.87. The molecule has 0 spiro atoms. The van der Waals surface area contributed by atoms with E-state index in [2.05, 4.69) is 30.9 Å². The molecule has 3 N–H and O–H groups in total. The summed E-state index contributed by atoms with van der Waals surface area (Å²) in [5.74, 6) is 2.97. The summed E-state index contributed by atoms with van der Waals surface area (Å²) in [6.45, 7) is 4.65. The standard InChI is InChI=1S/C26H25FN6O2/c1-17-10-11-28-23(14-17)33-25-16-24(31-18(2)32-25)29-12-13-30-26(34)19-4-3-5-22(15-19)35-21-8-6-20(27)7-9-21/h3-11,14-16H,12-13H2,1-2H3,(H,30,34)(H2,28,29,31,32,33). The lowest BCUT2D eigenvalue weighted by atomic mass is 10.2. The van der Waals surface area contributed by atoms with Crippen LogP contribution in [0, 0.1) is 19.7 Å². The van der Waals surface area contributed by atoms with E-state index in [1.807, 2.05) is 26.0 Å². The molecule has 4 aromatic rings. The van der Waals surface area contributed by atoms with Crippen molar-refractivity contribution in [1.82, 2.24) is 20.3 Å². The van der Waals surface area contributed by atoms with Crippen molar-refractivity contribution in [2.24, 2.45) is 0 Å². The Hall–Kier alpha value is -4.53. The van der Waals surface area contributed by atoms with Gasteiger partial charge in [0.2, 0.25) is 0 Å². The summed E-state index contributed by atoms with van der Waals surface area (Å²) in [4.78, 5) is 25.6. The van der Waals surface area contributed by atoms with Crippen molar-refractivity contribution in [3.63, 3.8) is 0 Å². The molecule has 8 nitrogen and oxygen atoms in total. The lowest BCUT2D eigenvalue weighted by Gasteiger charge is -2.11. The number of carbonyl (C=O) groups excluding carboxylic acids is 1. The molecular formula is C26H25FN6O2. The normalized spacial score (nSPS) is 10.5. The fourth-order valence-electron chi connectivity index (χ4n) is 3.27. The molecule has 0 atom stereocenters. The summed E-state index contributed by atoms with van der Waals surface area (Å²) in [5.41, 5.74) is 1.55. The highest BCUT2D eigenvalue weighted by Gasteiger charge is 2.08. The second kappa shape index (κ2) is 11.1. The molecule has 0 aliphatic heterocycles. The Morgan fingerprint density at radius 1 is 0.886 bits per heavy atom. The van der Waals surface area contributed by atoms with Crippen LogP contribution in [0.1, 0.15) is 21.7 Å². The molecule has 178 valence electrons. The van der Waals surface area contributed by atoms with Crippen molar-refractivity contribution in [2.45, 2.75) is 13.8 Å². The molecule has 0 saturated carbocycles. The minimum atomic E-state index is -0.341. The van der Waals surface area contributed by atoms with Crippen molar-refractivity contribution >= 4 is 23.4 Å². The lowest BCUT2D eigenvalue weighted by molar-refractivity contribution is 0.0955. The number of nitrogens with zero attached hydrogens (tertiary/aromatic N) is 3. The molecule has 2 aromatic heterocycles. The number of aryl methyl sites for hydroxylation is 2. The molecule has 9 heteroatoms. The van der Waals surface area contributed by atoms with E-state index in [9.17, 15) is 9.18 Å². The van der Waals surface area contributed by atoms with Crippen molar-refractivity contribution in [2.75, 3.05) is 23.7 Å². The Balaban J connectivity index is 1.29. The van der Waals surface area contributed by atoms with Gasteiger partial charge in [-0.3, -0.25) is 4.79 Å². The molecule has 2 aromatic carbocycles. The van der Waals surface area contributed by atoms with E-state index in [4.69, 9.17) is 4.74 Å². The van der Waals surface area contributed by atoms with Gasteiger partial charge in [-0.15, -0.1) is 0 Å². The summed E-state index contributed by atoms with van der Waals surface area (Å²) in [6, 6.07) is 18.1. The van der Waals surface area contributed by atoms with Gasteiger partial charge in [0.25, 0.3) is 5.91 Å². The monoisotopic (exact) mass is 472 g/mol. The van der Waals surface area contributed by atoms with Gasteiger partial charge < -0.3 is 20.7 Å². The summed E-state index contributed by atoms with van der Waals surface area (Å²) in [7, 11) is 0. The van der Waals surface area contributed by atoms with Gasteiger partial charge in [0.15, 0.2) is 0 Å². The van der Waals surface area contributed by atoms with Crippen LogP contribution in [0.5, 0.6) is 11.5 Å². The Morgan fingerprint density at radius 2 is 1.69 bits per heavy atom. The molecule has 0 fully saturated rings. The first-order chi connectivity index (χ1) is 16.9. The zero-order valence-electron chi connectivity index (χ0n) is 19.4. The van der Waals surface area contributed by atoms with Gasteiger partial charge in [-0.05, 0) is 74.0 Å². The second-order valence-corrected chi connectivity index (χ2v) is 7.80. The molecule has 35 heavy (non-hydrogen) atoms. The van der Waals surface area contributed by atoms with Crippen molar-refractivity contribution < 1.29 is 13.9 Å². The predicted molar refractivity (Wildman–Crippen MR) is 133 cm³/mol. The Labute approximate surface area is 202 Å². The highest BCUT2D eigenvalue weighted by atomic mass is 19.1. The van der Waals surface area contributed by atoms with Crippen molar-refractivity contribution in [1.29, 1.82) is 0 Å². The van der Waals surface area contributed by atoms with E-state index < -0.39 is 0 Å². The fraction of sp³-hybridized carbons (Fsp3) is 0.154. The Morgan fingerprint density at radius 3 is 2.49 bits per heavy atom. The molecule has 0 aliphatic carbocycles. The van der Waals surface area contributed by atoms with Crippen LogP contribution in [0.3, 0.4) is 0 Å². The maximum atomic E-state index is 13.1. The summed E-state index contributed by atoms with van der Waals surface area (Å²) >= 11 is 0. The topological polar surface area (TPSA) is 101 Å². The number of benzene rings is 2. The Kier molecular flexibility index (Phi) is 7.47. The largest absolute Gasteiger partial charge is 0.457 e. The number of carbonyl (C=O) groups is 1. The number of amides is 1. The number of anilines is 3. The van der Waals surface area contributed by atoms with E-state index in [1.54, 1.807) is 36.5 Å². The van der Waals surface area contributed by atoms with Crippen LogP contribution < -0.4 is 20.7 Å². The van der Waals surface area contributed by atoms with E-state index in [0.29, 0.717) is 53.4 Å². The zero-order valence-corrected chi connectivity index (χ0v) is 19.4. The maximum Gasteiger partial charge on any atom is 0.251 e. The third kappa shape index (κ3) is 6.97. The van der Waals surface area contributed by atoms with Crippen molar-refractivity contribution in [3.8, 4) is 11.5 Å². The maximum absolute atomic E-state index is 13.1. The van der Waals surface area contributed by atoms with Crippen LogP contribution in [0.4, 0.5) is 21.8 Å². The van der Waals surface area contributed by atoms with E-state index in [0.717, 1.165) is 5.56 Å². The second-order valence-electron chi connectivity index (χ2n) is 7.80. The van der Waals surface area contributed by atoms with Gasteiger partial charge in [-0.1, -0.05) is 6.07 Å². The molecule has 0 bridgehead atoms. The molecule has 2 heterocycles. The van der Waals surface area contributed by atoms with Gasteiger partial charge in [-0.2, -0.15) is 0 Å². The summed E-state index contributed by atoms with van der Waals surface area (Å²) in [6.07, 6.45) is 1.73. The van der Waals surface area contributed by atoms with Crippen LogP contribution in [-0.2, 0) is 0 Å². The van der Waals surface area contributed by atoms with Crippen molar-refractivity contribution in [3.05, 3.63) is 95.7 Å². The quantitative estimate of drug-likeness (QED) is 0.295. The predicted octanol–water partition coefficient (Wildman–Crippen LogP) is 5.01. The van der Waals surface area contributed by atoms with Gasteiger partial charge in [0.05, 0.1) is 0 Å². The van der Waals surface area contributed by atoms with E-state index in [-0.39, 0.29) is 11.7 Å². The van der Waals surface area contributed by atoms with Crippen LogP contribution in [0.25, 0.3) is 0 Å². The first kappa shape index (κ1) is 23.6. The smallest absolute Gasteiger partial charge is 0.251 e. The molecular weight excluding hydrogens is 447 g/mol. The Bertz CT molecular complexity index is 1310. The molecule has 0 saturated heterocycles. The van der Waals surface area contributed by atoms with Gasteiger partial charge in [0.1, 0.15) is 40.6 Å². The third-order valence-electron chi connectivity index (χ3n) is 4.87. The molecule has 0 aliphatic rings. The average Bonchev–Trinajstić information content (AvgIpc) is 2.83. The van der Waals surface area contributed by atoms with Crippen LogP contribution in [-0.4, -0.2) is 33.9 Å². The summed E-state index contributed by atoms with van der Waals surface area (Å²) in [5, 5.41) is 9.24. The number of hydrogen-bond acceptors (Lipinski definition) is 7. The van der Waals surface area contributed by atoms with Gasteiger partial charge in [0, 0.05) is 30.9 Å². The zero-order chi connectivity index (χ0) is 24.6. The van der Waals surface area contributed by atoms with Gasteiger partial charge in [-0.25, -0.2) is 19.3 Å². The molecule has 4 rings (SSSR count). The highest BCUT2D eigenvalue weighted by Crippen LogP contribution is 2.22. The van der Waals surface area contributed by atoms with E-state index >= 15 is 0 Å². The summed E-state index contributed by atoms with van der Waals surface area (Å²) < 4.78 is 18.8. The number of hydrogen-bond donors (Lipinski definition) is 3. The first-order valence-corrected chi connectivity index (χ1v) is 11.1.